The fraction of sp³-hybridized carbons (Fsp3) is 0.333. The lowest BCUT2D eigenvalue weighted by Crippen LogP contribution is -2.04. The van der Waals surface area contributed by atoms with Gasteiger partial charge < -0.3 is 5.11 Å². The van der Waals surface area contributed by atoms with Gasteiger partial charge in [-0.1, -0.05) is 17.2 Å². The third-order valence-corrected chi connectivity index (χ3v) is 2.11. The van der Waals surface area contributed by atoms with Crippen LogP contribution in [-0.2, 0) is 4.79 Å². The van der Waals surface area contributed by atoms with Gasteiger partial charge in [-0.05, 0) is 26.0 Å². The standard InChI is InChI=1S/C12H14O3/c1-8-5-9(2)7-10(6-8)11(13)3-4-12(14)15/h5-7H,3-4H2,1-2H3,(H,14,15). The van der Waals surface area contributed by atoms with E-state index in [1.54, 1.807) is 12.1 Å². The van der Waals surface area contributed by atoms with Crippen LogP contribution < -0.4 is 0 Å². The maximum Gasteiger partial charge on any atom is 0.303 e. The van der Waals surface area contributed by atoms with E-state index in [-0.39, 0.29) is 18.6 Å². The molecule has 1 aromatic carbocycles. The van der Waals surface area contributed by atoms with Gasteiger partial charge in [-0.15, -0.1) is 0 Å². The monoisotopic (exact) mass is 206 g/mol. The van der Waals surface area contributed by atoms with E-state index in [1.165, 1.54) is 0 Å². The van der Waals surface area contributed by atoms with E-state index in [1.807, 2.05) is 19.9 Å². The van der Waals surface area contributed by atoms with Crippen LogP contribution in [0, 0.1) is 13.8 Å². The Kier molecular flexibility index (Phi) is 3.61. The van der Waals surface area contributed by atoms with Crippen molar-refractivity contribution in [1.82, 2.24) is 0 Å². The van der Waals surface area contributed by atoms with Crippen LogP contribution in [0.15, 0.2) is 18.2 Å². The molecule has 0 aliphatic rings. The van der Waals surface area contributed by atoms with Crippen LogP contribution in [0.3, 0.4) is 0 Å². The summed E-state index contributed by atoms with van der Waals surface area (Å²) in [6.07, 6.45) is -0.0376. The highest BCUT2D eigenvalue weighted by Gasteiger charge is 2.08. The van der Waals surface area contributed by atoms with Crippen molar-refractivity contribution in [3.63, 3.8) is 0 Å². The van der Waals surface area contributed by atoms with Gasteiger partial charge >= 0.3 is 5.97 Å². The van der Waals surface area contributed by atoms with E-state index in [9.17, 15) is 9.59 Å². The van der Waals surface area contributed by atoms with Crippen LogP contribution >= 0.6 is 0 Å². The van der Waals surface area contributed by atoms with Gasteiger partial charge in [-0.2, -0.15) is 0 Å². The van der Waals surface area contributed by atoms with Crippen LogP contribution in [0.4, 0.5) is 0 Å². The molecule has 0 fully saturated rings. The molecule has 1 N–H and O–H groups in total. The number of carbonyl (C=O) groups is 2. The first-order valence-corrected chi connectivity index (χ1v) is 4.82. The number of carboxylic acid groups (broad SMARTS) is 1. The molecule has 0 amide bonds. The van der Waals surface area contributed by atoms with E-state index in [0.717, 1.165) is 11.1 Å². The summed E-state index contributed by atoms with van der Waals surface area (Å²) in [6, 6.07) is 5.56. The van der Waals surface area contributed by atoms with Crippen molar-refractivity contribution < 1.29 is 14.7 Å². The van der Waals surface area contributed by atoms with Crippen LogP contribution in [0.2, 0.25) is 0 Å². The Hall–Kier alpha value is -1.64. The third kappa shape index (κ3) is 3.54. The largest absolute Gasteiger partial charge is 0.481 e. The molecule has 0 aliphatic carbocycles. The van der Waals surface area contributed by atoms with Gasteiger partial charge in [-0.3, -0.25) is 9.59 Å². The van der Waals surface area contributed by atoms with Crippen molar-refractivity contribution in [2.45, 2.75) is 26.7 Å². The number of ketones is 1. The topological polar surface area (TPSA) is 54.4 Å². The Labute approximate surface area is 88.7 Å². The first-order valence-electron chi connectivity index (χ1n) is 4.82. The summed E-state index contributed by atoms with van der Waals surface area (Å²) in [4.78, 5) is 21.9. The molecule has 0 aliphatic heterocycles. The summed E-state index contributed by atoms with van der Waals surface area (Å²) in [5.41, 5.74) is 2.65. The number of hydrogen-bond donors (Lipinski definition) is 1. The van der Waals surface area contributed by atoms with Gasteiger partial charge in [-0.25, -0.2) is 0 Å². The van der Waals surface area contributed by atoms with Crippen LogP contribution in [0.5, 0.6) is 0 Å². The first kappa shape index (κ1) is 11.4. The predicted molar refractivity (Wildman–Crippen MR) is 57.1 cm³/mol. The number of carbonyl (C=O) groups excluding carboxylic acids is 1. The second-order valence-electron chi connectivity index (χ2n) is 3.69. The molecule has 0 saturated heterocycles. The molecular weight excluding hydrogens is 192 g/mol. The normalized spacial score (nSPS) is 10.0. The molecule has 0 heterocycles. The average molecular weight is 206 g/mol. The maximum atomic E-state index is 11.6. The SMILES string of the molecule is Cc1cc(C)cc(C(=O)CCC(=O)O)c1. The summed E-state index contributed by atoms with van der Waals surface area (Å²) in [6.45, 7) is 3.84. The minimum Gasteiger partial charge on any atom is -0.481 e. The fourth-order valence-corrected chi connectivity index (χ4v) is 1.50. The van der Waals surface area contributed by atoms with E-state index < -0.39 is 5.97 Å². The molecule has 0 radical (unpaired) electrons. The molecule has 80 valence electrons. The van der Waals surface area contributed by atoms with Gasteiger partial charge in [0, 0.05) is 12.0 Å². The molecule has 3 nitrogen and oxygen atoms in total. The van der Waals surface area contributed by atoms with Crippen molar-refractivity contribution in [1.29, 1.82) is 0 Å². The second kappa shape index (κ2) is 4.73. The van der Waals surface area contributed by atoms with E-state index in [2.05, 4.69) is 0 Å². The van der Waals surface area contributed by atoms with Crippen LogP contribution in [0.1, 0.15) is 34.3 Å². The van der Waals surface area contributed by atoms with Crippen LogP contribution in [0.25, 0.3) is 0 Å². The summed E-state index contributed by atoms with van der Waals surface area (Å²) >= 11 is 0. The van der Waals surface area contributed by atoms with Crippen molar-refractivity contribution in [2.24, 2.45) is 0 Å². The molecule has 1 aromatic rings. The Morgan fingerprint density at radius 2 is 1.60 bits per heavy atom. The minimum absolute atomic E-state index is 0.0677. The Morgan fingerprint density at radius 1 is 1.07 bits per heavy atom. The predicted octanol–water partition coefficient (Wildman–Crippen LogP) is 2.35. The van der Waals surface area contributed by atoms with E-state index >= 15 is 0 Å². The zero-order chi connectivity index (χ0) is 11.4. The molecular formula is C12H14O3. The summed E-state index contributed by atoms with van der Waals surface area (Å²) in [5, 5.41) is 8.47. The lowest BCUT2D eigenvalue weighted by atomic mass is 10.0. The molecule has 0 unspecified atom stereocenters. The number of aliphatic carboxylic acids is 1. The van der Waals surface area contributed by atoms with Crippen molar-refractivity contribution in [2.75, 3.05) is 0 Å². The number of Topliss-reactive ketones (excluding diaryl/α,β-unsaturated/α-hetero) is 1. The summed E-state index contributed by atoms with van der Waals surface area (Å²) < 4.78 is 0. The lowest BCUT2D eigenvalue weighted by molar-refractivity contribution is -0.136. The van der Waals surface area contributed by atoms with Gasteiger partial charge in [0.25, 0.3) is 0 Å². The third-order valence-electron chi connectivity index (χ3n) is 2.11. The average Bonchev–Trinajstić information content (AvgIpc) is 2.12. The number of carboxylic acids is 1. The smallest absolute Gasteiger partial charge is 0.303 e. The Morgan fingerprint density at radius 3 is 2.07 bits per heavy atom. The Balaban J connectivity index is 2.77. The Bertz CT molecular complexity index is 374. The molecule has 0 saturated carbocycles. The molecule has 15 heavy (non-hydrogen) atoms. The maximum absolute atomic E-state index is 11.6. The second-order valence-corrected chi connectivity index (χ2v) is 3.69. The van der Waals surface area contributed by atoms with Crippen molar-refractivity contribution >= 4 is 11.8 Å². The highest BCUT2D eigenvalue weighted by atomic mass is 16.4. The molecule has 0 spiro atoms. The quantitative estimate of drug-likeness (QED) is 0.769. The van der Waals surface area contributed by atoms with E-state index in [0.29, 0.717) is 5.56 Å². The fourth-order valence-electron chi connectivity index (χ4n) is 1.50. The highest BCUT2D eigenvalue weighted by molar-refractivity contribution is 5.97. The molecule has 3 heteroatoms. The zero-order valence-electron chi connectivity index (χ0n) is 8.91. The highest BCUT2D eigenvalue weighted by Crippen LogP contribution is 2.11. The van der Waals surface area contributed by atoms with Gasteiger partial charge in [0.15, 0.2) is 5.78 Å². The zero-order valence-corrected chi connectivity index (χ0v) is 8.91. The van der Waals surface area contributed by atoms with Crippen molar-refractivity contribution in [3.8, 4) is 0 Å². The van der Waals surface area contributed by atoms with Crippen molar-refractivity contribution in [3.05, 3.63) is 34.9 Å². The number of aryl methyl sites for hydroxylation is 2. The summed E-state index contributed by atoms with van der Waals surface area (Å²) in [7, 11) is 0. The van der Waals surface area contributed by atoms with Crippen LogP contribution in [-0.4, -0.2) is 16.9 Å². The molecule has 0 bridgehead atoms. The van der Waals surface area contributed by atoms with Gasteiger partial charge in [0.2, 0.25) is 0 Å². The number of rotatable bonds is 4. The first-order chi connectivity index (χ1) is 6.99. The van der Waals surface area contributed by atoms with E-state index in [4.69, 9.17) is 5.11 Å². The molecule has 0 aromatic heterocycles. The summed E-state index contributed by atoms with van der Waals surface area (Å²) in [5.74, 6) is -1.04. The minimum atomic E-state index is -0.937. The lowest BCUT2D eigenvalue weighted by Gasteiger charge is -2.03. The number of benzene rings is 1. The molecule has 0 atom stereocenters. The number of hydrogen-bond acceptors (Lipinski definition) is 2. The molecule has 1 rings (SSSR count). The van der Waals surface area contributed by atoms with Gasteiger partial charge in [0.1, 0.15) is 0 Å². The van der Waals surface area contributed by atoms with Gasteiger partial charge in [0.05, 0.1) is 6.42 Å².